The van der Waals surface area contributed by atoms with Gasteiger partial charge in [0.25, 0.3) is 0 Å². The molecule has 110 valence electrons. The zero-order valence-electron chi connectivity index (χ0n) is 11.2. The summed E-state index contributed by atoms with van der Waals surface area (Å²) in [5.41, 5.74) is 0.326. The number of para-hydroxylation sites is 1. The number of hydrogen-bond acceptors (Lipinski definition) is 4. The standard InChI is InChI=1S/C14H14N2O4S/c1-15-21(18,19)13-9-5-6-11(10-13)16-14(17)20-12-7-3-2-4-8-12/h2-10,15H,1H3,(H,16,17). The Morgan fingerprint density at radius 3 is 2.43 bits per heavy atom. The van der Waals surface area contributed by atoms with Crippen molar-refractivity contribution in [1.29, 1.82) is 0 Å². The molecule has 0 radical (unpaired) electrons. The number of carbonyl (C=O) groups excluding carboxylic acids is 1. The molecule has 21 heavy (non-hydrogen) atoms. The van der Waals surface area contributed by atoms with Crippen LogP contribution in [-0.4, -0.2) is 21.6 Å². The van der Waals surface area contributed by atoms with Crippen LogP contribution in [0.3, 0.4) is 0 Å². The molecule has 1 amide bonds. The molecule has 7 heteroatoms. The second-order valence-electron chi connectivity index (χ2n) is 4.06. The lowest BCUT2D eigenvalue weighted by atomic mass is 10.3. The summed E-state index contributed by atoms with van der Waals surface area (Å²) in [6.45, 7) is 0. The summed E-state index contributed by atoms with van der Waals surface area (Å²) in [4.78, 5) is 11.8. The molecular formula is C14H14N2O4S. The van der Waals surface area contributed by atoms with Crippen LogP contribution >= 0.6 is 0 Å². The van der Waals surface area contributed by atoms with Gasteiger partial charge in [-0.2, -0.15) is 0 Å². The summed E-state index contributed by atoms with van der Waals surface area (Å²) in [6, 6.07) is 14.4. The fraction of sp³-hybridized carbons (Fsp3) is 0.0714. The molecule has 0 aliphatic carbocycles. The Hall–Kier alpha value is -2.38. The van der Waals surface area contributed by atoms with E-state index in [4.69, 9.17) is 4.74 Å². The highest BCUT2D eigenvalue weighted by Crippen LogP contribution is 2.16. The van der Waals surface area contributed by atoms with Gasteiger partial charge < -0.3 is 4.74 Å². The first-order valence-corrected chi connectivity index (χ1v) is 7.57. The van der Waals surface area contributed by atoms with E-state index in [0.717, 1.165) is 0 Å². The van der Waals surface area contributed by atoms with Crippen molar-refractivity contribution in [2.75, 3.05) is 12.4 Å². The minimum atomic E-state index is -3.56. The SMILES string of the molecule is CNS(=O)(=O)c1cccc(NC(=O)Oc2ccccc2)c1. The minimum absolute atomic E-state index is 0.0579. The van der Waals surface area contributed by atoms with Gasteiger partial charge in [-0.25, -0.2) is 17.9 Å². The first kappa shape index (κ1) is 15.0. The lowest BCUT2D eigenvalue weighted by molar-refractivity contribution is 0.215. The third-order valence-electron chi connectivity index (χ3n) is 2.61. The van der Waals surface area contributed by atoms with Crippen LogP contribution in [0.25, 0.3) is 0 Å². The summed E-state index contributed by atoms with van der Waals surface area (Å²) in [5.74, 6) is 0.397. The Balaban J connectivity index is 2.10. The smallest absolute Gasteiger partial charge is 0.410 e. The van der Waals surface area contributed by atoms with Crippen molar-refractivity contribution in [3.63, 3.8) is 0 Å². The maximum absolute atomic E-state index is 11.7. The molecule has 0 heterocycles. The van der Waals surface area contributed by atoms with Crippen molar-refractivity contribution in [3.05, 3.63) is 54.6 Å². The van der Waals surface area contributed by atoms with Crippen LogP contribution in [0.1, 0.15) is 0 Å². The fourth-order valence-corrected chi connectivity index (χ4v) is 2.37. The van der Waals surface area contributed by atoms with Crippen LogP contribution in [0.5, 0.6) is 5.75 Å². The maximum Gasteiger partial charge on any atom is 0.417 e. The normalized spacial score (nSPS) is 10.9. The molecule has 0 unspecified atom stereocenters. The summed E-state index contributed by atoms with van der Waals surface area (Å²) in [6.07, 6.45) is -0.694. The molecular weight excluding hydrogens is 292 g/mol. The largest absolute Gasteiger partial charge is 0.417 e. The molecule has 6 nitrogen and oxygen atoms in total. The van der Waals surface area contributed by atoms with Gasteiger partial charge in [-0.15, -0.1) is 0 Å². The summed E-state index contributed by atoms with van der Waals surface area (Å²) in [5, 5.41) is 2.47. The molecule has 2 rings (SSSR count). The van der Waals surface area contributed by atoms with Crippen LogP contribution in [0, 0.1) is 0 Å². The maximum atomic E-state index is 11.7. The molecule has 0 aliphatic heterocycles. The van der Waals surface area contributed by atoms with Gasteiger partial charge in [0.2, 0.25) is 10.0 Å². The van der Waals surface area contributed by atoms with Gasteiger partial charge in [-0.3, -0.25) is 5.32 Å². The molecule has 2 N–H and O–H groups in total. The van der Waals surface area contributed by atoms with E-state index in [-0.39, 0.29) is 4.90 Å². The Morgan fingerprint density at radius 2 is 1.76 bits per heavy atom. The Labute approximate surface area is 122 Å². The Kier molecular flexibility index (Phi) is 4.56. The van der Waals surface area contributed by atoms with Crippen LogP contribution in [0.4, 0.5) is 10.5 Å². The molecule has 0 fully saturated rings. The zero-order valence-corrected chi connectivity index (χ0v) is 12.1. The number of rotatable bonds is 4. The molecule has 0 aromatic heterocycles. The van der Waals surface area contributed by atoms with Crippen LogP contribution in [0.15, 0.2) is 59.5 Å². The van der Waals surface area contributed by atoms with Gasteiger partial charge in [-0.1, -0.05) is 24.3 Å². The Bertz CT molecular complexity index is 730. The molecule has 0 aliphatic rings. The highest BCUT2D eigenvalue weighted by molar-refractivity contribution is 7.89. The second kappa shape index (κ2) is 6.38. The van der Waals surface area contributed by atoms with Gasteiger partial charge in [0, 0.05) is 5.69 Å². The van der Waals surface area contributed by atoms with E-state index in [1.807, 2.05) is 0 Å². The fourth-order valence-electron chi connectivity index (χ4n) is 1.60. The van der Waals surface area contributed by atoms with E-state index in [2.05, 4.69) is 10.0 Å². The summed E-state index contributed by atoms with van der Waals surface area (Å²) in [7, 11) is -2.24. The Morgan fingerprint density at radius 1 is 1.05 bits per heavy atom. The number of nitrogens with one attached hydrogen (secondary N) is 2. The number of amides is 1. The van der Waals surface area contributed by atoms with Crippen molar-refractivity contribution < 1.29 is 17.9 Å². The highest BCUT2D eigenvalue weighted by atomic mass is 32.2. The molecule has 0 bridgehead atoms. The quantitative estimate of drug-likeness (QED) is 0.907. The lowest BCUT2D eigenvalue weighted by Crippen LogP contribution is -2.20. The predicted molar refractivity (Wildman–Crippen MR) is 78.8 cm³/mol. The third-order valence-corrected chi connectivity index (χ3v) is 4.03. The molecule has 0 spiro atoms. The van der Waals surface area contributed by atoms with Crippen LogP contribution in [0.2, 0.25) is 0 Å². The van der Waals surface area contributed by atoms with Gasteiger partial charge >= 0.3 is 6.09 Å². The molecule has 0 saturated carbocycles. The van der Waals surface area contributed by atoms with E-state index in [1.54, 1.807) is 36.4 Å². The molecule has 0 atom stereocenters. The van der Waals surface area contributed by atoms with Crippen molar-refractivity contribution in [3.8, 4) is 5.75 Å². The van der Waals surface area contributed by atoms with Gasteiger partial charge in [0.05, 0.1) is 4.90 Å². The first-order chi connectivity index (χ1) is 10.0. The van der Waals surface area contributed by atoms with Crippen LogP contribution in [-0.2, 0) is 10.0 Å². The number of hydrogen-bond donors (Lipinski definition) is 2. The van der Waals surface area contributed by atoms with Gasteiger partial charge in [0.15, 0.2) is 0 Å². The zero-order chi connectivity index (χ0) is 15.3. The third kappa shape index (κ3) is 4.04. The predicted octanol–water partition coefficient (Wildman–Crippen LogP) is 2.21. The second-order valence-corrected chi connectivity index (χ2v) is 5.95. The van der Waals surface area contributed by atoms with E-state index in [0.29, 0.717) is 11.4 Å². The average molecular weight is 306 g/mol. The van der Waals surface area contributed by atoms with Crippen molar-refractivity contribution in [1.82, 2.24) is 4.72 Å². The van der Waals surface area contributed by atoms with E-state index >= 15 is 0 Å². The van der Waals surface area contributed by atoms with Crippen molar-refractivity contribution in [2.24, 2.45) is 0 Å². The summed E-state index contributed by atoms with van der Waals surface area (Å²) < 4.78 is 30.6. The average Bonchev–Trinajstić information content (AvgIpc) is 2.48. The number of benzene rings is 2. The molecule has 2 aromatic rings. The van der Waals surface area contributed by atoms with Crippen molar-refractivity contribution in [2.45, 2.75) is 4.90 Å². The first-order valence-electron chi connectivity index (χ1n) is 6.09. The lowest BCUT2D eigenvalue weighted by Gasteiger charge is -2.08. The molecule has 0 saturated heterocycles. The monoisotopic (exact) mass is 306 g/mol. The van der Waals surface area contributed by atoms with Crippen molar-refractivity contribution >= 4 is 21.8 Å². The van der Waals surface area contributed by atoms with Gasteiger partial charge in [-0.05, 0) is 37.4 Å². The van der Waals surface area contributed by atoms with Gasteiger partial charge in [0.1, 0.15) is 5.75 Å². The topological polar surface area (TPSA) is 84.5 Å². The number of carbonyl (C=O) groups is 1. The highest BCUT2D eigenvalue weighted by Gasteiger charge is 2.12. The van der Waals surface area contributed by atoms with E-state index in [9.17, 15) is 13.2 Å². The van der Waals surface area contributed by atoms with Crippen LogP contribution < -0.4 is 14.8 Å². The summed E-state index contributed by atoms with van der Waals surface area (Å²) >= 11 is 0. The minimum Gasteiger partial charge on any atom is -0.410 e. The number of anilines is 1. The van der Waals surface area contributed by atoms with E-state index in [1.165, 1.54) is 25.2 Å². The number of ether oxygens (including phenoxy) is 1. The van der Waals surface area contributed by atoms with E-state index < -0.39 is 16.1 Å². The molecule has 2 aromatic carbocycles. The number of sulfonamides is 1.